The number of aromatic nitrogens is 4. The van der Waals surface area contributed by atoms with E-state index in [0.717, 1.165) is 11.3 Å². The van der Waals surface area contributed by atoms with Crippen molar-refractivity contribution in [1.29, 1.82) is 0 Å². The first-order chi connectivity index (χ1) is 11.0. The summed E-state index contributed by atoms with van der Waals surface area (Å²) in [5.41, 5.74) is 2.53. The molecule has 2 heterocycles. The van der Waals surface area contributed by atoms with Crippen LogP contribution >= 0.6 is 0 Å². The van der Waals surface area contributed by atoms with Crippen molar-refractivity contribution in [2.75, 3.05) is 5.32 Å². The van der Waals surface area contributed by atoms with E-state index in [9.17, 15) is 5.11 Å². The van der Waals surface area contributed by atoms with Gasteiger partial charge in [-0.1, -0.05) is 12.1 Å². The second-order valence-corrected chi connectivity index (χ2v) is 5.55. The lowest BCUT2D eigenvalue weighted by Gasteiger charge is -2.14. The number of anilines is 1. The Hall–Kier alpha value is -2.89. The van der Waals surface area contributed by atoms with Gasteiger partial charge in [0, 0.05) is 30.6 Å². The molecule has 2 N–H and O–H groups in total. The zero-order valence-electron chi connectivity index (χ0n) is 13.4. The third kappa shape index (κ3) is 3.31. The van der Waals surface area contributed by atoms with Crippen molar-refractivity contribution in [2.45, 2.75) is 19.9 Å². The molecule has 2 aromatic heterocycles. The van der Waals surface area contributed by atoms with E-state index < -0.39 is 0 Å². The number of nitrogens with zero attached hydrogens (tertiary/aromatic N) is 4. The van der Waals surface area contributed by atoms with Crippen LogP contribution in [0, 0.1) is 6.92 Å². The Morgan fingerprint density at radius 1 is 1.22 bits per heavy atom. The first-order valence-electron chi connectivity index (χ1n) is 7.42. The summed E-state index contributed by atoms with van der Waals surface area (Å²) >= 11 is 0. The maximum Gasteiger partial charge on any atom is 0.165 e. The molecule has 0 aliphatic carbocycles. The predicted octanol–water partition coefficient (Wildman–Crippen LogP) is 3.06. The molecule has 118 valence electrons. The van der Waals surface area contributed by atoms with Gasteiger partial charge in [0.2, 0.25) is 0 Å². The highest BCUT2D eigenvalue weighted by Gasteiger charge is 2.12. The van der Waals surface area contributed by atoms with Gasteiger partial charge in [0.25, 0.3) is 0 Å². The molecule has 0 saturated carbocycles. The molecule has 0 bridgehead atoms. The lowest BCUT2D eigenvalue weighted by Crippen LogP contribution is -2.08. The van der Waals surface area contributed by atoms with Gasteiger partial charge < -0.3 is 10.4 Å². The summed E-state index contributed by atoms with van der Waals surface area (Å²) in [5, 5.41) is 17.5. The van der Waals surface area contributed by atoms with E-state index in [4.69, 9.17) is 0 Å². The molecule has 3 rings (SSSR count). The van der Waals surface area contributed by atoms with E-state index in [1.165, 1.54) is 0 Å². The minimum atomic E-state index is 0.0650. The summed E-state index contributed by atoms with van der Waals surface area (Å²) in [7, 11) is 1.89. The van der Waals surface area contributed by atoms with Crippen molar-refractivity contribution >= 4 is 5.82 Å². The van der Waals surface area contributed by atoms with Crippen molar-refractivity contribution in [3.05, 3.63) is 54.0 Å². The number of para-hydroxylation sites is 1. The van der Waals surface area contributed by atoms with Crippen LogP contribution in [-0.4, -0.2) is 24.9 Å². The van der Waals surface area contributed by atoms with Crippen LogP contribution in [0.4, 0.5) is 5.82 Å². The molecule has 6 heteroatoms. The number of aromatic hydroxyl groups is 1. The normalized spacial score (nSPS) is 12.1. The third-order valence-electron chi connectivity index (χ3n) is 3.59. The minimum absolute atomic E-state index is 0.0650. The summed E-state index contributed by atoms with van der Waals surface area (Å²) < 4.78 is 1.77. The average molecular weight is 309 g/mol. The van der Waals surface area contributed by atoms with Gasteiger partial charge in [-0.25, -0.2) is 9.97 Å². The zero-order valence-corrected chi connectivity index (χ0v) is 13.4. The minimum Gasteiger partial charge on any atom is -0.507 e. The molecule has 23 heavy (non-hydrogen) atoms. The molecule has 0 unspecified atom stereocenters. The maximum absolute atomic E-state index is 10.00. The van der Waals surface area contributed by atoms with E-state index in [0.29, 0.717) is 17.2 Å². The first-order valence-corrected chi connectivity index (χ1v) is 7.42. The number of benzene rings is 1. The zero-order chi connectivity index (χ0) is 16.4. The van der Waals surface area contributed by atoms with Gasteiger partial charge in [-0.15, -0.1) is 0 Å². The van der Waals surface area contributed by atoms with Crippen LogP contribution in [0.25, 0.3) is 11.4 Å². The standard InChI is InChI=1S/C17H19N5O/c1-11-8-16(20-12(2)13-9-18-22(3)10-13)21-17(19-11)14-6-4-5-7-15(14)23/h4-10,12,23H,1-3H3,(H,19,20,21)/t12-/m1/s1. The average Bonchev–Trinajstić information content (AvgIpc) is 2.94. The second kappa shape index (κ2) is 6.08. The van der Waals surface area contributed by atoms with Crippen LogP contribution < -0.4 is 5.32 Å². The molecule has 3 aromatic rings. The Labute approximate surface area is 134 Å². The van der Waals surface area contributed by atoms with Gasteiger partial charge in [-0.05, 0) is 26.0 Å². The quantitative estimate of drug-likeness (QED) is 0.774. The van der Waals surface area contributed by atoms with Crippen LogP contribution in [0.2, 0.25) is 0 Å². The fourth-order valence-electron chi connectivity index (χ4n) is 2.39. The third-order valence-corrected chi connectivity index (χ3v) is 3.59. The van der Waals surface area contributed by atoms with Crippen molar-refractivity contribution < 1.29 is 5.11 Å². The first kappa shape index (κ1) is 15.0. The van der Waals surface area contributed by atoms with Crippen LogP contribution in [0.15, 0.2) is 42.7 Å². The Balaban J connectivity index is 1.90. The molecule has 0 radical (unpaired) electrons. The topological polar surface area (TPSA) is 75.9 Å². The van der Waals surface area contributed by atoms with Crippen molar-refractivity contribution in [1.82, 2.24) is 19.7 Å². The Kier molecular flexibility index (Phi) is 3.97. The van der Waals surface area contributed by atoms with E-state index in [1.807, 2.05) is 45.4 Å². The van der Waals surface area contributed by atoms with Gasteiger partial charge in [0.15, 0.2) is 5.82 Å². The summed E-state index contributed by atoms with van der Waals surface area (Å²) in [4.78, 5) is 8.95. The lowest BCUT2D eigenvalue weighted by molar-refractivity contribution is 0.477. The van der Waals surface area contributed by atoms with Crippen molar-refractivity contribution in [3.63, 3.8) is 0 Å². The Morgan fingerprint density at radius 3 is 2.70 bits per heavy atom. The van der Waals surface area contributed by atoms with Crippen LogP contribution in [0.3, 0.4) is 0 Å². The number of phenols is 1. The van der Waals surface area contributed by atoms with Gasteiger partial charge in [0.1, 0.15) is 11.6 Å². The highest BCUT2D eigenvalue weighted by atomic mass is 16.3. The fraction of sp³-hybridized carbons (Fsp3) is 0.235. The summed E-state index contributed by atoms with van der Waals surface area (Å²) in [5.74, 6) is 1.39. The summed E-state index contributed by atoms with van der Waals surface area (Å²) in [6.45, 7) is 3.96. The number of hydrogen-bond donors (Lipinski definition) is 2. The van der Waals surface area contributed by atoms with Crippen LogP contribution in [0.1, 0.15) is 24.2 Å². The Morgan fingerprint density at radius 2 is 2.00 bits per heavy atom. The molecule has 0 spiro atoms. The van der Waals surface area contributed by atoms with Crippen LogP contribution in [0.5, 0.6) is 5.75 Å². The molecule has 0 amide bonds. The SMILES string of the molecule is Cc1cc(N[C@H](C)c2cnn(C)c2)nc(-c2ccccc2O)n1. The molecule has 1 atom stereocenters. The molecule has 1 aromatic carbocycles. The maximum atomic E-state index is 10.00. The summed E-state index contributed by atoms with van der Waals surface area (Å²) in [6, 6.07) is 9.01. The van der Waals surface area contributed by atoms with Gasteiger partial charge in [0.05, 0.1) is 17.8 Å². The van der Waals surface area contributed by atoms with Crippen molar-refractivity contribution in [2.24, 2.45) is 7.05 Å². The highest BCUT2D eigenvalue weighted by Crippen LogP contribution is 2.27. The van der Waals surface area contributed by atoms with E-state index in [2.05, 4.69) is 20.4 Å². The van der Waals surface area contributed by atoms with Gasteiger partial charge in [-0.3, -0.25) is 4.68 Å². The van der Waals surface area contributed by atoms with Gasteiger partial charge in [-0.2, -0.15) is 5.10 Å². The fourth-order valence-corrected chi connectivity index (χ4v) is 2.39. The van der Waals surface area contributed by atoms with E-state index in [-0.39, 0.29) is 11.8 Å². The number of rotatable bonds is 4. The number of nitrogens with one attached hydrogen (secondary N) is 1. The highest BCUT2D eigenvalue weighted by molar-refractivity contribution is 5.64. The predicted molar refractivity (Wildman–Crippen MR) is 89.1 cm³/mol. The molecular weight excluding hydrogens is 290 g/mol. The molecule has 0 saturated heterocycles. The smallest absolute Gasteiger partial charge is 0.165 e. The summed E-state index contributed by atoms with van der Waals surface area (Å²) in [6.07, 6.45) is 3.80. The largest absolute Gasteiger partial charge is 0.507 e. The number of phenolic OH excluding ortho intramolecular Hbond substituents is 1. The monoisotopic (exact) mass is 309 g/mol. The number of aryl methyl sites for hydroxylation is 2. The van der Waals surface area contributed by atoms with E-state index >= 15 is 0 Å². The van der Waals surface area contributed by atoms with Crippen LogP contribution in [-0.2, 0) is 7.05 Å². The molecule has 6 nitrogen and oxygen atoms in total. The van der Waals surface area contributed by atoms with Crippen molar-refractivity contribution in [3.8, 4) is 17.1 Å². The van der Waals surface area contributed by atoms with E-state index in [1.54, 1.807) is 22.9 Å². The van der Waals surface area contributed by atoms with Gasteiger partial charge >= 0.3 is 0 Å². The second-order valence-electron chi connectivity index (χ2n) is 5.55. The lowest BCUT2D eigenvalue weighted by atomic mass is 10.1. The molecular formula is C17H19N5O. The molecule has 0 aliphatic rings. The molecule has 0 aliphatic heterocycles. The Bertz CT molecular complexity index is 827. The number of hydrogen-bond acceptors (Lipinski definition) is 5. The molecule has 0 fully saturated rings.